The van der Waals surface area contributed by atoms with Crippen LogP contribution in [-0.4, -0.2) is 23.2 Å². The Balaban J connectivity index is 2.41. The van der Waals surface area contributed by atoms with Gasteiger partial charge in [0.15, 0.2) is 0 Å². The van der Waals surface area contributed by atoms with Crippen molar-refractivity contribution in [3.05, 3.63) is 22.5 Å². The van der Waals surface area contributed by atoms with E-state index in [0.29, 0.717) is 5.15 Å². The van der Waals surface area contributed by atoms with E-state index < -0.39 is 0 Å². The second-order valence-corrected chi connectivity index (χ2v) is 4.64. The minimum atomic E-state index is 0.472. The zero-order valence-corrected chi connectivity index (χ0v) is 10.6. The van der Waals surface area contributed by atoms with E-state index in [1.54, 1.807) is 13.2 Å². The van der Waals surface area contributed by atoms with Crippen molar-refractivity contribution in [2.24, 2.45) is 7.05 Å². The quantitative estimate of drug-likeness (QED) is 0.787. The van der Waals surface area contributed by atoms with E-state index in [1.165, 1.54) is 11.3 Å². The van der Waals surface area contributed by atoms with Crippen molar-refractivity contribution in [2.45, 2.75) is 13.0 Å². The van der Waals surface area contributed by atoms with Gasteiger partial charge >= 0.3 is 0 Å². The Bertz CT molecular complexity index is 591. The van der Waals surface area contributed by atoms with Crippen LogP contribution >= 0.6 is 11.6 Å². The molecule has 1 aliphatic rings. The summed E-state index contributed by atoms with van der Waals surface area (Å²) < 4.78 is 7.55. The van der Waals surface area contributed by atoms with Crippen molar-refractivity contribution in [2.75, 3.05) is 13.7 Å². The molecule has 1 N–H and O–H groups in total. The van der Waals surface area contributed by atoms with Crippen LogP contribution in [0.1, 0.15) is 11.3 Å². The van der Waals surface area contributed by atoms with E-state index in [0.717, 1.165) is 36.3 Å². The second kappa shape index (κ2) is 3.89. The molecule has 0 spiro atoms. The molecule has 0 radical (unpaired) electrons. The smallest absolute Gasteiger partial charge is 0.145 e. The highest BCUT2D eigenvalue weighted by molar-refractivity contribution is 6.30. The number of aromatic nitrogens is 2. The lowest BCUT2D eigenvalue weighted by molar-refractivity contribution is 0.419. The number of hydrogen-bond acceptors (Lipinski definition) is 3. The molecule has 0 saturated carbocycles. The Morgan fingerprint density at radius 1 is 1.53 bits per heavy atom. The Morgan fingerprint density at radius 2 is 2.35 bits per heavy atom. The molecular weight excluding hydrogens is 238 g/mol. The number of halogens is 1. The summed E-state index contributed by atoms with van der Waals surface area (Å²) in [5.41, 5.74) is 3.52. The maximum absolute atomic E-state index is 6.02. The first-order valence-corrected chi connectivity index (χ1v) is 6.01. The molecule has 0 aliphatic carbocycles. The minimum absolute atomic E-state index is 0.472. The van der Waals surface area contributed by atoms with Gasteiger partial charge in [0, 0.05) is 43.9 Å². The highest BCUT2D eigenvalue weighted by atomic mass is 35.5. The van der Waals surface area contributed by atoms with Crippen molar-refractivity contribution in [3.8, 4) is 5.75 Å². The first-order chi connectivity index (χ1) is 8.22. The molecule has 0 amide bonds. The number of rotatable bonds is 1. The van der Waals surface area contributed by atoms with Crippen LogP contribution in [0.4, 0.5) is 0 Å². The van der Waals surface area contributed by atoms with Gasteiger partial charge in [-0.25, -0.2) is 4.98 Å². The Hall–Kier alpha value is -1.26. The molecule has 4 nitrogen and oxygen atoms in total. The zero-order chi connectivity index (χ0) is 12.0. The van der Waals surface area contributed by atoms with Gasteiger partial charge in [0.05, 0.1) is 12.5 Å². The summed E-state index contributed by atoms with van der Waals surface area (Å²) in [6.07, 6.45) is 1.02. The lowest BCUT2D eigenvalue weighted by Gasteiger charge is -2.14. The van der Waals surface area contributed by atoms with Crippen molar-refractivity contribution in [1.29, 1.82) is 0 Å². The van der Waals surface area contributed by atoms with Crippen molar-refractivity contribution < 1.29 is 4.74 Å². The molecule has 3 rings (SSSR count). The van der Waals surface area contributed by atoms with Gasteiger partial charge in [-0.1, -0.05) is 11.6 Å². The van der Waals surface area contributed by atoms with Crippen LogP contribution < -0.4 is 10.1 Å². The number of nitrogens with zero attached hydrogens (tertiary/aromatic N) is 2. The van der Waals surface area contributed by atoms with Gasteiger partial charge in [-0.2, -0.15) is 0 Å². The third kappa shape index (κ3) is 1.51. The molecule has 90 valence electrons. The van der Waals surface area contributed by atoms with E-state index in [1.807, 2.05) is 7.05 Å². The predicted molar refractivity (Wildman–Crippen MR) is 67.7 cm³/mol. The molecule has 0 atom stereocenters. The lowest BCUT2D eigenvalue weighted by atomic mass is 10.1. The maximum Gasteiger partial charge on any atom is 0.145 e. The fourth-order valence-electron chi connectivity index (χ4n) is 2.57. The molecule has 0 saturated heterocycles. The normalized spacial score (nSPS) is 15.0. The Kier molecular flexibility index (Phi) is 2.49. The predicted octanol–water partition coefficient (Wildman–Crippen LogP) is 1.88. The van der Waals surface area contributed by atoms with Gasteiger partial charge in [-0.05, 0) is 0 Å². The van der Waals surface area contributed by atoms with Gasteiger partial charge in [0.2, 0.25) is 0 Å². The van der Waals surface area contributed by atoms with Crippen molar-refractivity contribution in [1.82, 2.24) is 14.9 Å². The summed E-state index contributed by atoms with van der Waals surface area (Å²) in [5, 5.41) is 4.94. The minimum Gasteiger partial charge on any atom is -0.496 e. The van der Waals surface area contributed by atoms with E-state index in [2.05, 4.69) is 14.9 Å². The molecular formula is C12H14ClN3O. The van der Waals surface area contributed by atoms with Gasteiger partial charge in [-0.15, -0.1) is 0 Å². The second-order valence-electron chi connectivity index (χ2n) is 4.26. The summed E-state index contributed by atoms with van der Waals surface area (Å²) in [5.74, 6) is 0.806. The monoisotopic (exact) mass is 251 g/mol. The number of aryl methyl sites for hydroxylation is 1. The van der Waals surface area contributed by atoms with Crippen LogP contribution in [0.25, 0.3) is 11.0 Å². The van der Waals surface area contributed by atoms with Gasteiger partial charge in [0.1, 0.15) is 16.5 Å². The Labute approximate surface area is 105 Å². The fourth-order valence-corrected chi connectivity index (χ4v) is 2.75. The third-order valence-corrected chi connectivity index (χ3v) is 3.56. The maximum atomic E-state index is 6.02. The summed E-state index contributed by atoms with van der Waals surface area (Å²) >= 11 is 6.02. The molecule has 0 aromatic carbocycles. The largest absolute Gasteiger partial charge is 0.496 e. The molecule has 3 heterocycles. The lowest BCUT2D eigenvalue weighted by Crippen LogP contribution is -2.24. The van der Waals surface area contributed by atoms with E-state index >= 15 is 0 Å². The SMILES string of the molecule is COc1cc(Cl)nc2c1c1c(n2C)CCNC1. The Morgan fingerprint density at radius 3 is 3.12 bits per heavy atom. The van der Waals surface area contributed by atoms with Gasteiger partial charge in [0.25, 0.3) is 0 Å². The topological polar surface area (TPSA) is 39.1 Å². The average Bonchev–Trinajstić information content (AvgIpc) is 2.63. The van der Waals surface area contributed by atoms with E-state index in [9.17, 15) is 0 Å². The molecule has 0 bridgehead atoms. The molecule has 5 heteroatoms. The molecule has 0 fully saturated rings. The van der Waals surface area contributed by atoms with Crippen molar-refractivity contribution in [3.63, 3.8) is 0 Å². The van der Waals surface area contributed by atoms with E-state index in [-0.39, 0.29) is 0 Å². The number of hydrogen-bond donors (Lipinski definition) is 1. The summed E-state index contributed by atoms with van der Waals surface area (Å²) in [6.45, 7) is 1.87. The summed E-state index contributed by atoms with van der Waals surface area (Å²) in [4.78, 5) is 4.41. The number of methoxy groups -OCH3 is 1. The fraction of sp³-hybridized carbons (Fsp3) is 0.417. The average molecular weight is 252 g/mol. The molecule has 1 aliphatic heterocycles. The third-order valence-electron chi connectivity index (χ3n) is 3.37. The zero-order valence-electron chi connectivity index (χ0n) is 9.88. The van der Waals surface area contributed by atoms with Gasteiger partial charge < -0.3 is 14.6 Å². The molecule has 0 unspecified atom stereocenters. The summed E-state index contributed by atoms with van der Waals surface area (Å²) in [6, 6.07) is 1.78. The number of fused-ring (bicyclic) bond motifs is 3. The molecule has 2 aromatic heterocycles. The van der Waals surface area contributed by atoms with E-state index in [4.69, 9.17) is 16.3 Å². The van der Waals surface area contributed by atoms with Crippen LogP contribution in [0.2, 0.25) is 5.15 Å². The van der Waals surface area contributed by atoms with Crippen LogP contribution in [0.3, 0.4) is 0 Å². The standard InChI is InChI=1S/C12H14ClN3O/c1-16-8-3-4-14-6-7(8)11-9(17-2)5-10(13)15-12(11)16/h5,14H,3-4,6H2,1-2H3. The first-order valence-electron chi connectivity index (χ1n) is 5.63. The highest BCUT2D eigenvalue weighted by Crippen LogP contribution is 2.35. The van der Waals surface area contributed by atoms with Crippen LogP contribution in [0.15, 0.2) is 6.07 Å². The van der Waals surface area contributed by atoms with Gasteiger partial charge in [-0.3, -0.25) is 0 Å². The van der Waals surface area contributed by atoms with Crippen LogP contribution in [0.5, 0.6) is 5.75 Å². The number of nitrogens with one attached hydrogen (secondary N) is 1. The summed E-state index contributed by atoms with van der Waals surface area (Å²) in [7, 11) is 3.70. The highest BCUT2D eigenvalue weighted by Gasteiger charge is 2.22. The van der Waals surface area contributed by atoms with Crippen molar-refractivity contribution >= 4 is 22.6 Å². The number of ether oxygens (including phenoxy) is 1. The molecule has 2 aromatic rings. The molecule has 17 heavy (non-hydrogen) atoms. The van der Waals surface area contributed by atoms with Crippen LogP contribution in [0, 0.1) is 0 Å². The first kappa shape index (κ1) is 10.9. The van der Waals surface area contributed by atoms with Crippen LogP contribution in [-0.2, 0) is 20.0 Å². The number of pyridine rings is 1.